The van der Waals surface area contributed by atoms with Crippen molar-refractivity contribution < 1.29 is 4.42 Å². The minimum atomic E-state index is 0.130. The van der Waals surface area contributed by atoms with Crippen LogP contribution in [-0.4, -0.2) is 16.5 Å². The van der Waals surface area contributed by atoms with Crippen molar-refractivity contribution in [2.45, 2.75) is 47.6 Å². The van der Waals surface area contributed by atoms with Crippen molar-refractivity contribution in [2.75, 3.05) is 17.2 Å². The lowest BCUT2D eigenvalue weighted by Gasteiger charge is -2.18. The summed E-state index contributed by atoms with van der Waals surface area (Å²) in [7, 11) is 0. The molecule has 2 heterocycles. The van der Waals surface area contributed by atoms with E-state index < -0.39 is 0 Å². The van der Waals surface area contributed by atoms with Gasteiger partial charge < -0.3 is 15.1 Å². The summed E-state index contributed by atoms with van der Waals surface area (Å²) in [6.45, 7) is 12.9. The van der Waals surface area contributed by atoms with Crippen LogP contribution in [0, 0.1) is 27.7 Å². The lowest BCUT2D eigenvalue weighted by Crippen LogP contribution is -2.13. The summed E-state index contributed by atoms with van der Waals surface area (Å²) in [4.78, 5) is 8.97. The normalized spacial score (nSPS) is 12.3. The molecule has 0 saturated heterocycles. The van der Waals surface area contributed by atoms with E-state index in [2.05, 4.69) is 40.5 Å². The molecule has 0 bridgehead atoms. The van der Waals surface area contributed by atoms with Crippen LogP contribution in [0.2, 0.25) is 0 Å². The Hall–Kier alpha value is -2.04. The monoisotopic (exact) mass is 288 g/mol. The van der Waals surface area contributed by atoms with E-state index in [-0.39, 0.29) is 6.04 Å². The molecule has 0 spiro atoms. The minimum Gasteiger partial charge on any atom is -0.466 e. The molecule has 2 N–H and O–H groups in total. The first-order valence-electron chi connectivity index (χ1n) is 7.35. The molecule has 2 rings (SSSR count). The molecular weight excluding hydrogens is 264 g/mol. The summed E-state index contributed by atoms with van der Waals surface area (Å²) in [5.41, 5.74) is 2.19. The highest BCUT2D eigenvalue weighted by molar-refractivity contribution is 5.58. The van der Waals surface area contributed by atoms with Crippen molar-refractivity contribution in [3.05, 3.63) is 34.5 Å². The van der Waals surface area contributed by atoms with Crippen LogP contribution < -0.4 is 10.6 Å². The molecule has 0 aliphatic rings. The molecular formula is C16H24N4O. The Morgan fingerprint density at radius 1 is 1.14 bits per heavy atom. The Balaban J connectivity index is 2.28. The first-order chi connectivity index (χ1) is 9.92. The number of nitrogens with one attached hydrogen (secondary N) is 2. The number of nitrogens with zero attached hydrogens (tertiary/aromatic N) is 2. The van der Waals surface area contributed by atoms with Gasteiger partial charge in [-0.05, 0) is 47.6 Å². The van der Waals surface area contributed by atoms with E-state index in [1.165, 1.54) is 0 Å². The van der Waals surface area contributed by atoms with E-state index in [4.69, 9.17) is 4.42 Å². The van der Waals surface area contributed by atoms with Gasteiger partial charge in [-0.25, -0.2) is 9.97 Å². The predicted octanol–water partition coefficient (Wildman–Crippen LogP) is 3.91. The second-order valence-corrected chi connectivity index (χ2v) is 5.36. The van der Waals surface area contributed by atoms with Crippen molar-refractivity contribution in [1.29, 1.82) is 0 Å². The summed E-state index contributed by atoms with van der Waals surface area (Å²) < 4.78 is 5.60. The second-order valence-electron chi connectivity index (χ2n) is 5.36. The Bertz CT molecular complexity index is 633. The fourth-order valence-electron chi connectivity index (χ4n) is 2.47. The quantitative estimate of drug-likeness (QED) is 0.873. The molecule has 21 heavy (non-hydrogen) atoms. The molecule has 0 fully saturated rings. The predicted molar refractivity (Wildman–Crippen MR) is 85.9 cm³/mol. The third kappa shape index (κ3) is 3.35. The van der Waals surface area contributed by atoms with Gasteiger partial charge in [0.05, 0.1) is 6.04 Å². The van der Waals surface area contributed by atoms with Gasteiger partial charge in [-0.3, -0.25) is 0 Å². The molecule has 5 heteroatoms. The van der Waals surface area contributed by atoms with Gasteiger partial charge in [0.2, 0.25) is 0 Å². The van der Waals surface area contributed by atoms with Crippen LogP contribution in [0.1, 0.15) is 48.4 Å². The maximum Gasteiger partial charge on any atom is 0.135 e. The Morgan fingerprint density at radius 3 is 2.38 bits per heavy atom. The topological polar surface area (TPSA) is 63.0 Å². The molecule has 0 amide bonds. The standard InChI is InChI=1S/C16H24N4O/c1-7-17-15-10(3)16(20-13(6)19-15)18-11(4)14-8-9(2)21-12(14)5/h8,11H,7H2,1-6H3,(H2,17,18,19,20). The summed E-state index contributed by atoms with van der Waals surface area (Å²) in [5, 5.41) is 6.75. The summed E-state index contributed by atoms with van der Waals surface area (Å²) in [6.07, 6.45) is 0. The smallest absolute Gasteiger partial charge is 0.135 e. The zero-order chi connectivity index (χ0) is 15.6. The molecule has 2 aromatic heterocycles. The molecule has 0 radical (unpaired) electrons. The van der Waals surface area contributed by atoms with Crippen molar-refractivity contribution >= 4 is 11.6 Å². The van der Waals surface area contributed by atoms with E-state index in [0.29, 0.717) is 0 Å². The highest BCUT2D eigenvalue weighted by atomic mass is 16.3. The number of aromatic nitrogens is 2. The first kappa shape index (κ1) is 15.4. The summed E-state index contributed by atoms with van der Waals surface area (Å²) in [6, 6.07) is 2.20. The molecule has 0 saturated carbocycles. The van der Waals surface area contributed by atoms with Crippen LogP contribution in [0.5, 0.6) is 0 Å². The van der Waals surface area contributed by atoms with Gasteiger partial charge in [0.15, 0.2) is 0 Å². The fraction of sp³-hybridized carbons (Fsp3) is 0.500. The Morgan fingerprint density at radius 2 is 1.81 bits per heavy atom. The maximum atomic E-state index is 5.60. The lowest BCUT2D eigenvalue weighted by molar-refractivity contribution is 0.499. The van der Waals surface area contributed by atoms with Crippen molar-refractivity contribution in [2.24, 2.45) is 0 Å². The van der Waals surface area contributed by atoms with Crippen LogP contribution in [0.25, 0.3) is 0 Å². The maximum absolute atomic E-state index is 5.60. The van der Waals surface area contributed by atoms with Crippen LogP contribution in [0.3, 0.4) is 0 Å². The largest absolute Gasteiger partial charge is 0.466 e. The number of furan rings is 1. The van der Waals surface area contributed by atoms with E-state index in [1.807, 2.05) is 27.7 Å². The molecule has 2 aromatic rings. The number of rotatable bonds is 5. The molecule has 0 aliphatic carbocycles. The average molecular weight is 288 g/mol. The Kier molecular flexibility index (Phi) is 4.50. The Labute approximate surface area is 126 Å². The van der Waals surface area contributed by atoms with Crippen molar-refractivity contribution in [3.8, 4) is 0 Å². The third-order valence-corrected chi connectivity index (χ3v) is 3.50. The van der Waals surface area contributed by atoms with Gasteiger partial charge in [-0.1, -0.05) is 0 Å². The van der Waals surface area contributed by atoms with Gasteiger partial charge in [-0.2, -0.15) is 0 Å². The molecule has 5 nitrogen and oxygen atoms in total. The summed E-state index contributed by atoms with van der Waals surface area (Å²) >= 11 is 0. The highest BCUT2D eigenvalue weighted by Gasteiger charge is 2.16. The van der Waals surface area contributed by atoms with Gasteiger partial charge >= 0.3 is 0 Å². The van der Waals surface area contributed by atoms with Gasteiger partial charge in [0.25, 0.3) is 0 Å². The molecule has 1 unspecified atom stereocenters. The minimum absolute atomic E-state index is 0.130. The van der Waals surface area contributed by atoms with E-state index in [0.717, 1.165) is 46.7 Å². The van der Waals surface area contributed by atoms with Gasteiger partial charge in [-0.15, -0.1) is 0 Å². The molecule has 1 atom stereocenters. The molecule has 0 aliphatic heterocycles. The number of hydrogen-bond donors (Lipinski definition) is 2. The van der Waals surface area contributed by atoms with Crippen LogP contribution >= 0.6 is 0 Å². The van der Waals surface area contributed by atoms with Gasteiger partial charge in [0, 0.05) is 17.7 Å². The lowest BCUT2D eigenvalue weighted by atomic mass is 10.1. The fourth-order valence-corrected chi connectivity index (χ4v) is 2.47. The number of anilines is 2. The van der Waals surface area contributed by atoms with Crippen LogP contribution in [0.15, 0.2) is 10.5 Å². The zero-order valence-electron chi connectivity index (χ0n) is 13.7. The average Bonchev–Trinajstić information content (AvgIpc) is 2.74. The molecule has 114 valence electrons. The van der Waals surface area contributed by atoms with E-state index in [9.17, 15) is 0 Å². The van der Waals surface area contributed by atoms with E-state index in [1.54, 1.807) is 0 Å². The molecule has 0 aromatic carbocycles. The first-order valence-corrected chi connectivity index (χ1v) is 7.35. The number of hydrogen-bond acceptors (Lipinski definition) is 5. The third-order valence-electron chi connectivity index (χ3n) is 3.50. The van der Waals surface area contributed by atoms with Crippen LogP contribution in [0.4, 0.5) is 11.6 Å². The van der Waals surface area contributed by atoms with Crippen LogP contribution in [-0.2, 0) is 0 Å². The van der Waals surface area contributed by atoms with Crippen molar-refractivity contribution in [1.82, 2.24) is 9.97 Å². The van der Waals surface area contributed by atoms with E-state index >= 15 is 0 Å². The van der Waals surface area contributed by atoms with Crippen molar-refractivity contribution in [3.63, 3.8) is 0 Å². The second kappa shape index (κ2) is 6.16. The summed E-state index contributed by atoms with van der Waals surface area (Å²) in [5.74, 6) is 4.39. The number of aryl methyl sites for hydroxylation is 3. The SMILES string of the molecule is CCNc1nc(C)nc(NC(C)c2cc(C)oc2C)c1C. The zero-order valence-corrected chi connectivity index (χ0v) is 13.7. The van der Waals surface area contributed by atoms with Gasteiger partial charge in [0.1, 0.15) is 29.0 Å². The highest BCUT2D eigenvalue weighted by Crippen LogP contribution is 2.27.